The number of fused-ring (bicyclic) bond motifs is 3. The minimum absolute atomic E-state index is 0.000876. The number of benzene rings is 2. The molecule has 2 fully saturated rings. The van der Waals surface area contributed by atoms with E-state index in [1.165, 1.54) is 28.0 Å². The van der Waals surface area contributed by atoms with E-state index < -0.39 is 5.79 Å². The van der Waals surface area contributed by atoms with Crippen LogP contribution in [0.1, 0.15) is 48.3 Å². The quantitative estimate of drug-likeness (QED) is 0.579. The van der Waals surface area contributed by atoms with Gasteiger partial charge in [0.15, 0.2) is 5.79 Å². The molecule has 1 aromatic heterocycles. The van der Waals surface area contributed by atoms with Gasteiger partial charge in [-0.1, -0.05) is 60.5 Å². The summed E-state index contributed by atoms with van der Waals surface area (Å²) in [5.74, 6) is -0.553. The monoisotopic (exact) mass is 398 g/mol. The van der Waals surface area contributed by atoms with Crippen LogP contribution in [0.3, 0.4) is 0 Å². The van der Waals surface area contributed by atoms with E-state index >= 15 is 0 Å². The molecule has 6 rings (SSSR count). The van der Waals surface area contributed by atoms with Crippen molar-refractivity contribution in [2.75, 3.05) is 6.61 Å². The maximum atomic E-state index is 6.70. The molecular formula is C26H26N2O2. The average molecular weight is 399 g/mol. The lowest BCUT2D eigenvalue weighted by Crippen LogP contribution is -2.46. The Morgan fingerprint density at radius 1 is 1.07 bits per heavy atom. The van der Waals surface area contributed by atoms with Crippen LogP contribution in [0.2, 0.25) is 0 Å². The minimum Gasteiger partial charge on any atom is -0.346 e. The highest BCUT2D eigenvalue weighted by Gasteiger charge is 2.61. The van der Waals surface area contributed by atoms with Crippen LogP contribution in [0, 0.1) is 12.3 Å². The van der Waals surface area contributed by atoms with Crippen molar-refractivity contribution in [2.45, 2.75) is 45.0 Å². The lowest BCUT2D eigenvalue weighted by molar-refractivity contribution is -0.218. The molecule has 1 aliphatic heterocycles. The van der Waals surface area contributed by atoms with Crippen molar-refractivity contribution in [2.24, 2.45) is 5.41 Å². The number of rotatable bonds is 2. The summed E-state index contributed by atoms with van der Waals surface area (Å²) in [7, 11) is 0. The number of hydrogen-bond donors (Lipinski definition) is 0. The van der Waals surface area contributed by atoms with Gasteiger partial charge in [0.05, 0.1) is 24.2 Å². The summed E-state index contributed by atoms with van der Waals surface area (Å²) in [6.45, 7) is 5.03. The molecule has 0 radical (unpaired) electrons. The second-order valence-electron chi connectivity index (χ2n) is 9.06. The fourth-order valence-corrected chi connectivity index (χ4v) is 5.46. The van der Waals surface area contributed by atoms with Crippen molar-refractivity contribution in [3.8, 4) is 5.69 Å². The van der Waals surface area contributed by atoms with Crippen molar-refractivity contribution >= 4 is 6.08 Å². The number of aryl methyl sites for hydroxylation is 1. The van der Waals surface area contributed by atoms with Gasteiger partial charge in [0, 0.05) is 11.8 Å². The normalized spacial score (nSPS) is 29.7. The molecule has 30 heavy (non-hydrogen) atoms. The highest BCUT2D eigenvalue weighted by Crippen LogP contribution is 2.60. The lowest BCUT2D eigenvalue weighted by Gasteiger charge is -2.41. The molecule has 3 aliphatic rings. The molecule has 2 aromatic carbocycles. The van der Waals surface area contributed by atoms with Gasteiger partial charge in [-0.3, -0.25) is 0 Å². The zero-order chi connectivity index (χ0) is 20.3. The third-order valence-electron chi connectivity index (χ3n) is 7.26. The molecule has 3 atom stereocenters. The van der Waals surface area contributed by atoms with Crippen LogP contribution in [0.4, 0.5) is 0 Å². The molecule has 4 nitrogen and oxygen atoms in total. The molecule has 2 heterocycles. The van der Waals surface area contributed by atoms with Gasteiger partial charge in [-0.15, -0.1) is 0 Å². The fourth-order valence-electron chi connectivity index (χ4n) is 5.46. The van der Waals surface area contributed by atoms with Crippen molar-refractivity contribution in [3.63, 3.8) is 0 Å². The minimum atomic E-state index is -0.553. The molecule has 152 valence electrons. The van der Waals surface area contributed by atoms with Gasteiger partial charge in [-0.2, -0.15) is 5.10 Å². The summed E-state index contributed by atoms with van der Waals surface area (Å²) in [5, 5.41) is 4.72. The second-order valence-corrected chi connectivity index (χ2v) is 9.06. The van der Waals surface area contributed by atoms with Crippen LogP contribution in [-0.4, -0.2) is 22.2 Å². The van der Waals surface area contributed by atoms with E-state index in [0.717, 1.165) is 24.9 Å². The van der Waals surface area contributed by atoms with E-state index in [0.29, 0.717) is 6.61 Å². The lowest BCUT2D eigenvalue weighted by atomic mass is 9.72. The summed E-state index contributed by atoms with van der Waals surface area (Å²) in [4.78, 5) is 0. The zero-order valence-electron chi connectivity index (χ0n) is 17.5. The van der Waals surface area contributed by atoms with E-state index in [4.69, 9.17) is 14.6 Å². The maximum absolute atomic E-state index is 6.70. The van der Waals surface area contributed by atoms with Crippen molar-refractivity contribution < 1.29 is 9.47 Å². The highest BCUT2D eigenvalue weighted by atomic mass is 16.7. The van der Waals surface area contributed by atoms with Gasteiger partial charge in [-0.05, 0) is 49.1 Å². The van der Waals surface area contributed by atoms with E-state index in [1.807, 2.05) is 12.3 Å². The SMILES string of the molecule is Cc1ccc(-n2ncc3c2C=C2CC[C@@]4(OC[C@@H](c5ccccc5)O4)[C@@]2(C)C3)cc1. The van der Waals surface area contributed by atoms with E-state index in [9.17, 15) is 0 Å². The third kappa shape index (κ3) is 2.50. The summed E-state index contributed by atoms with van der Waals surface area (Å²) in [6.07, 6.45) is 7.14. The van der Waals surface area contributed by atoms with Crippen molar-refractivity contribution in [3.05, 3.63) is 88.8 Å². The summed E-state index contributed by atoms with van der Waals surface area (Å²) >= 11 is 0. The van der Waals surface area contributed by atoms with Gasteiger partial charge in [-0.25, -0.2) is 4.68 Å². The van der Waals surface area contributed by atoms with Crippen LogP contribution in [0.25, 0.3) is 11.8 Å². The van der Waals surface area contributed by atoms with Crippen LogP contribution in [0.5, 0.6) is 0 Å². The predicted molar refractivity (Wildman–Crippen MR) is 116 cm³/mol. The van der Waals surface area contributed by atoms with E-state index in [1.54, 1.807) is 0 Å². The first-order chi connectivity index (χ1) is 14.6. The highest BCUT2D eigenvalue weighted by molar-refractivity contribution is 5.62. The Morgan fingerprint density at radius 2 is 1.87 bits per heavy atom. The summed E-state index contributed by atoms with van der Waals surface area (Å²) in [6, 6.07) is 19.0. The van der Waals surface area contributed by atoms with Crippen molar-refractivity contribution in [1.29, 1.82) is 0 Å². The van der Waals surface area contributed by atoms with Gasteiger partial charge in [0.2, 0.25) is 0 Å². The van der Waals surface area contributed by atoms with Gasteiger partial charge < -0.3 is 9.47 Å². The fraction of sp³-hybridized carbons (Fsp3) is 0.346. The molecule has 0 unspecified atom stereocenters. The Balaban J connectivity index is 1.35. The first-order valence-corrected chi connectivity index (χ1v) is 10.8. The largest absolute Gasteiger partial charge is 0.346 e. The topological polar surface area (TPSA) is 36.3 Å². The number of hydrogen-bond acceptors (Lipinski definition) is 3. The Morgan fingerprint density at radius 3 is 2.67 bits per heavy atom. The van der Waals surface area contributed by atoms with Crippen LogP contribution in [0.15, 0.2) is 66.4 Å². The van der Waals surface area contributed by atoms with Gasteiger partial charge in [0.25, 0.3) is 0 Å². The molecule has 1 spiro atoms. The molecule has 2 aliphatic carbocycles. The Labute approximate surface area is 177 Å². The Bertz CT molecular complexity index is 1130. The molecule has 0 N–H and O–H groups in total. The molecule has 1 saturated carbocycles. The number of aromatic nitrogens is 2. The van der Waals surface area contributed by atoms with E-state index in [-0.39, 0.29) is 11.5 Å². The first kappa shape index (κ1) is 18.1. The number of ether oxygens (including phenoxy) is 2. The van der Waals surface area contributed by atoms with Crippen LogP contribution in [-0.2, 0) is 15.9 Å². The third-order valence-corrected chi connectivity index (χ3v) is 7.26. The maximum Gasteiger partial charge on any atom is 0.178 e. The van der Waals surface area contributed by atoms with E-state index in [2.05, 4.69) is 73.1 Å². The molecule has 4 heteroatoms. The van der Waals surface area contributed by atoms with Gasteiger partial charge in [0.1, 0.15) is 6.10 Å². The molecule has 3 aromatic rings. The molecule has 0 bridgehead atoms. The smallest absolute Gasteiger partial charge is 0.178 e. The van der Waals surface area contributed by atoms with Crippen LogP contribution < -0.4 is 0 Å². The Kier molecular flexibility index (Phi) is 3.86. The molecular weight excluding hydrogens is 372 g/mol. The van der Waals surface area contributed by atoms with Gasteiger partial charge >= 0.3 is 0 Å². The average Bonchev–Trinajstić information content (AvgIpc) is 3.45. The summed E-state index contributed by atoms with van der Waals surface area (Å²) < 4.78 is 15.2. The Hall–Kier alpha value is -2.69. The standard InChI is InChI=1S/C26H26N2O2/c1-18-8-10-22(11-9-18)28-23-14-21-12-13-26(25(21,2)15-20(23)16-27-28)29-17-24(30-26)19-6-4-3-5-7-19/h3-11,14,16,24H,12-13,15,17H2,1-2H3/t24-,25-,26-/m0/s1. The second kappa shape index (κ2) is 6.40. The molecule has 0 amide bonds. The van der Waals surface area contributed by atoms with Crippen LogP contribution >= 0.6 is 0 Å². The zero-order valence-corrected chi connectivity index (χ0v) is 17.5. The predicted octanol–water partition coefficient (Wildman–Crippen LogP) is 5.40. The first-order valence-electron chi connectivity index (χ1n) is 10.8. The summed E-state index contributed by atoms with van der Waals surface area (Å²) in [5.41, 5.74) is 7.26. The number of nitrogens with zero attached hydrogens (tertiary/aromatic N) is 2. The molecule has 1 saturated heterocycles. The van der Waals surface area contributed by atoms with Crippen molar-refractivity contribution in [1.82, 2.24) is 9.78 Å².